The Morgan fingerprint density at radius 3 is 2.67 bits per heavy atom. The number of carbonyl (C=O) groups excluding carboxylic acids is 1. The topological polar surface area (TPSA) is 60.4 Å². The third-order valence-electron chi connectivity index (χ3n) is 2.19. The first-order valence-corrected chi connectivity index (χ1v) is 6.49. The van der Waals surface area contributed by atoms with Gasteiger partial charge in [0.1, 0.15) is 5.75 Å². The molecule has 0 unspecified atom stereocenters. The molecule has 0 spiro atoms. The maximum absolute atomic E-state index is 11.3. The lowest BCUT2D eigenvalue weighted by Crippen LogP contribution is -2.00. The van der Waals surface area contributed by atoms with Crippen molar-refractivity contribution in [3.05, 3.63) is 29.3 Å². The molecule has 2 rings (SSSR count). The molecule has 0 aliphatic heterocycles. The maximum atomic E-state index is 11.3. The lowest BCUT2D eigenvalue weighted by Gasteiger charge is -2.03. The average Bonchev–Trinajstić information content (AvgIpc) is 2.45. The molecule has 0 radical (unpaired) electrons. The minimum atomic E-state index is -4.02. The van der Waals surface area contributed by atoms with Crippen molar-refractivity contribution in [2.45, 2.75) is 12.8 Å². The van der Waals surface area contributed by atoms with Crippen LogP contribution >= 0.6 is 10.7 Å². The van der Waals surface area contributed by atoms with E-state index in [1.54, 1.807) is 6.07 Å². The molecule has 0 aromatic heterocycles. The largest absolute Gasteiger partial charge is 0.401 e. The fourth-order valence-corrected chi connectivity index (χ4v) is 2.15. The summed E-state index contributed by atoms with van der Waals surface area (Å²) in [5.41, 5.74) is 1.44. The Bertz CT molecular complexity index is 521. The molecule has 1 aromatic carbocycles. The van der Waals surface area contributed by atoms with E-state index in [1.165, 1.54) is 12.1 Å². The van der Waals surface area contributed by atoms with Crippen molar-refractivity contribution < 1.29 is 17.4 Å². The first-order chi connectivity index (χ1) is 6.96. The Hall–Kier alpha value is -1.07. The van der Waals surface area contributed by atoms with Crippen LogP contribution in [-0.4, -0.2) is 14.2 Å². The molecule has 0 amide bonds. The third-order valence-corrected chi connectivity index (χ3v) is 2.77. The summed E-state index contributed by atoms with van der Waals surface area (Å²) in [7, 11) is 0.910. The Balaban J connectivity index is 2.35. The van der Waals surface area contributed by atoms with Crippen LogP contribution in [0.3, 0.4) is 0 Å². The van der Waals surface area contributed by atoms with Crippen LogP contribution < -0.4 is 4.18 Å². The van der Waals surface area contributed by atoms with E-state index in [0.29, 0.717) is 18.4 Å². The van der Waals surface area contributed by atoms with E-state index in [4.69, 9.17) is 10.7 Å². The standard InChI is InChI=1S/C9H7ClO4S/c10-15(12,13)14-7-2-3-8-6(5-7)1-4-9(8)11/h2-3,5H,1,4H2. The zero-order valence-corrected chi connectivity index (χ0v) is 9.14. The van der Waals surface area contributed by atoms with Gasteiger partial charge in [-0.2, -0.15) is 8.42 Å². The molecule has 1 aliphatic rings. The summed E-state index contributed by atoms with van der Waals surface area (Å²) in [4.78, 5) is 11.3. The first kappa shape index (κ1) is 10.4. The summed E-state index contributed by atoms with van der Waals surface area (Å²) in [5, 5.41) is 0. The molecule has 1 aliphatic carbocycles. The van der Waals surface area contributed by atoms with E-state index in [2.05, 4.69) is 4.18 Å². The van der Waals surface area contributed by atoms with Crippen LogP contribution in [0.4, 0.5) is 0 Å². The molecule has 0 heterocycles. The van der Waals surface area contributed by atoms with Crippen LogP contribution in [0.15, 0.2) is 18.2 Å². The number of ketones is 1. The van der Waals surface area contributed by atoms with Gasteiger partial charge in [-0.3, -0.25) is 4.79 Å². The van der Waals surface area contributed by atoms with Gasteiger partial charge in [0.05, 0.1) is 10.7 Å². The molecule has 0 atom stereocenters. The van der Waals surface area contributed by atoms with Gasteiger partial charge in [-0.1, -0.05) is 0 Å². The van der Waals surface area contributed by atoms with Crippen molar-refractivity contribution in [3.8, 4) is 5.75 Å². The average molecular weight is 247 g/mol. The molecule has 6 heteroatoms. The normalized spacial score (nSPS) is 15.1. The highest BCUT2D eigenvalue weighted by Gasteiger charge is 2.20. The van der Waals surface area contributed by atoms with Gasteiger partial charge in [0.25, 0.3) is 0 Å². The summed E-state index contributed by atoms with van der Waals surface area (Å²) < 4.78 is 25.8. The molecule has 0 fully saturated rings. The number of rotatable bonds is 2. The third kappa shape index (κ3) is 2.30. The summed E-state index contributed by atoms with van der Waals surface area (Å²) >= 11 is 0. The lowest BCUT2D eigenvalue weighted by molar-refractivity contribution is 0.0994. The second-order valence-corrected chi connectivity index (χ2v) is 5.31. The molecule has 0 N–H and O–H groups in total. The monoisotopic (exact) mass is 246 g/mol. The zero-order chi connectivity index (χ0) is 11.1. The van der Waals surface area contributed by atoms with E-state index in [-0.39, 0.29) is 11.5 Å². The van der Waals surface area contributed by atoms with E-state index in [1.807, 2.05) is 0 Å². The van der Waals surface area contributed by atoms with Crippen LogP contribution in [0.25, 0.3) is 0 Å². The van der Waals surface area contributed by atoms with E-state index in [0.717, 1.165) is 5.56 Å². The fourth-order valence-electron chi connectivity index (χ4n) is 1.60. The summed E-state index contributed by atoms with van der Waals surface area (Å²) in [6.07, 6.45) is 1.08. The first-order valence-electron chi connectivity index (χ1n) is 4.26. The van der Waals surface area contributed by atoms with Crippen molar-refractivity contribution >= 4 is 25.8 Å². The number of Topliss-reactive ketones (excluding diaryl/α,β-unsaturated/α-hetero) is 1. The molecular formula is C9H7ClO4S. The lowest BCUT2D eigenvalue weighted by atomic mass is 10.1. The molecule has 4 nitrogen and oxygen atoms in total. The SMILES string of the molecule is O=C1CCc2cc(OS(=O)(=O)Cl)ccc21. The highest BCUT2D eigenvalue weighted by atomic mass is 35.7. The van der Waals surface area contributed by atoms with Gasteiger partial charge in [-0.05, 0) is 30.2 Å². The smallest absolute Gasteiger partial charge is 0.371 e. The van der Waals surface area contributed by atoms with E-state index < -0.39 is 9.33 Å². The number of fused-ring (bicyclic) bond motifs is 1. The van der Waals surface area contributed by atoms with Crippen LogP contribution in [0, 0.1) is 0 Å². The molecule has 1 aromatic rings. The number of benzene rings is 1. The second-order valence-electron chi connectivity index (χ2n) is 3.22. The van der Waals surface area contributed by atoms with Crippen molar-refractivity contribution in [1.29, 1.82) is 0 Å². The minimum Gasteiger partial charge on any atom is -0.371 e. The van der Waals surface area contributed by atoms with Crippen LogP contribution in [0.2, 0.25) is 0 Å². The van der Waals surface area contributed by atoms with Gasteiger partial charge < -0.3 is 4.18 Å². The summed E-state index contributed by atoms with van der Waals surface area (Å²) in [6, 6.07) is 4.50. The van der Waals surface area contributed by atoms with Crippen LogP contribution in [0.1, 0.15) is 22.3 Å². The Morgan fingerprint density at radius 2 is 2.00 bits per heavy atom. The molecule has 0 saturated carbocycles. The molecule has 0 saturated heterocycles. The second kappa shape index (κ2) is 3.50. The summed E-state index contributed by atoms with van der Waals surface area (Å²) in [6.45, 7) is 0. The molecular weight excluding hydrogens is 240 g/mol. The zero-order valence-electron chi connectivity index (χ0n) is 7.57. The Morgan fingerprint density at radius 1 is 1.27 bits per heavy atom. The van der Waals surface area contributed by atoms with Crippen molar-refractivity contribution in [2.24, 2.45) is 0 Å². The van der Waals surface area contributed by atoms with Crippen molar-refractivity contribution in [3.63, 3.8) is 0 Å². The highest BCUT2D eigenvalue weighted by Crippen LogP contribution is 2.27. The Kier molecular flexibility index (Phi) is 2.44. The van der Waals surface area contributed by atoms with Gasteiger partial charge in [0, 0.05) is 12.0 Å². The highest BCUT2D eigenvalue weighted by molar-refractivity contribution is 8.10. The fraction of sp³-hybridized carbons (Fsp3) is 0.222. The van der Waals surface area contributed by atoms with Gasteiger partial charge in [-0.25, -0.2) is 0 Å². The van der Waals surface area contributed by atoms with Gasteiger partial charge in [0.2, 0.25) is 0 Å². The number of carbonyl (C=O) groups is 1. The van der Waals surface area contributed by atoms with Crippen LogP contribution in [-0.2, 0) is 15.8 Å². The number of aryl methyl sites for hydroxylation is 1. The Labute approximate surface area is 91.4 Å². The minimum absolute atomic E-state index is 0.0743. The maximum Gasteiger partial charge on any atom is 0.401 e. The predicted octanol–water partition coefficient (Wildman–Crippen LogP) is 1.68. The molecule has 0 bridgehead atoms. The van der Waals surface area contributed by atoms with Gasteiger partial charge in [-0.15, -0.1) is 0 Å². The summed E-state index contributed by atoms with van der Waals surface area (Å²) in [5.74, 6) is 0.212. The van der Waals surface area contributed by atoms with E-state index >= 15 is 0 Å². The van der Waals surface area contributed by atoms with Crippen molar-refractivity contribution in [1.82, 2.24) is 0 Å². The molecule has 80 valence electrons. The number of hydrogen-bond donors (Lipinski definition) is 0. The predicted molar refractivity (Wildman–Crippen MR) is 54.5 cm³/mol. The quantitative estimate of drug-likeness (QED) is 0.745. The number of hydrogen-bond acceptors (Lipinski definition) is 4. The number of halogens is 1. The van der Waals surface area contributed by atoms with E-state index in [9.17, 15) is 13.2 Å². The van der Waals surface area contributed by atoms with Gasteiger partial charge >= 0.3 is 9.33 Å². The van der Waals surface area contributed by atoms with Gasteiger partial charge in [0.15, 0.2) is 5.78 Å². The van der Waals surface area contributed by atoms with Crippen LogP contribution in [0.5, 0.6) is 5.75 Å². The van der Waals surface area contributed by atoms with Crippen molar-refractivity contribution in [2.75, 3.05) is 0 Å². The molecule has 15 heavy (non-hydrogen) atoms.